The number of carbonyl (C=O) groups is 2. The Labute approximate surface area is 220 Å². The van der Waals surface area contributed by atoms with Crippen molar-refractivity contribution >= 4 is 27.5 Å². The van der Waals surface area contributed by atoms with Gasteiger partial charge in [0.15, 0.2) is 0 Å². The Morgan fingerprint density at radius 3 is 1.95 bits per heavy atom. The van der Waals surface area contributed by atoms with E-state index in [2.05, 4.69) is 5.32 Å². The average molecular weight is 522 g/mol. The van der Waals surface area contributed by atoms with Gasteiger partial charge in [0, 0.05) is 13.1 Å². The van der Waals surface area contributed by atoms with Crippen LogP contribution in [0.1, 0.15) is 37.0 Å². The van der Waals surface area contributed by atoms with E-state index < -0.39 is 28.5 Å². The summed E-state index contributed by atoms with van der Waals surface area (Å²) in [5, 5.41) is 2.81. The zero-order valence-corrected chi connectivity index (χ0v) is 22.7. The minimum atomic E-state index is -4.06. The third-order valence-electron chi connectivity index (χ3n) is 6.14. The van der Waals surface area contributed by atoms with Crippen LogP contribution in [0.25, 0.3) is 0 Å². The normalized spacial score (nSPS) is 12.0. The molecule has 0 spiro atoms. The van der Waals surface area contributed by atoms with Gasteiger partial charge in [0.05, 0.1) is 10.6 Å². The summed E-state index contributed by atoms with van der Waals surface area (Å²) in [6.45, 7) is 7.62. The molecule has 8 heteroatoms. The molecule has 0 saturated carbocycles. The number of amides is 2. The molecule has 0 aliphatic carbocycles. The van der Waals surface area contributed by atoms with Gasteiger partial charge in [0.1, 0.15) is 12.6 Å². The number of sulfonamides is 1. The number of rotatable bonds is 11. The molecule has 0 aliphatic rings. The third kappa shape index (κ3) is 6.98. The highest BCUT2D eigenvalue weighted by Gasteiger charge is 2.33. The molecule has 0 fully saturated rings. The molecule has 196 valence electrons. The molecule has 0 unspecified atom stereocenters. The third-order valence-corrected chi connectivity index (χ3v) is 7.93. The lowest BCUT2D eigenvalue weighted by Crippen LogP contribution is -2.52. The number of anilines is 1. The van der Waals surface area contributed by atoms with Crippen molar-refractivity contribution in [2.24, 2.45) is 0 Å². The number of nitrogens with zero attached hydrogens (tertiary/aromatic N) is 2. The van der Waals surface area contributed by atoms with Gasteiger partial charge in [-0.2, -0.15) is 0 Å². The van der Waals surface area contributed by atoms with Gasteiger partial charge >= 0.3 is 0 Å². The maximum atomic E-state index is 13.9. The molecule has 0 saturated heterocycles. The van der Waals surface area contributed by atoms with Gasteiger partial charge in [-0.25, -0.2) is 8.42 Å². The first-order valence-electron chi connectivity index (χ1n) is 12.4. The molecule has 0 heterocycles. The van der Waals surface area contributed by atoms with Crippen molar-refractivity contribution < 1.29 is 18.0 Å². The number of hydrogen-bond donors (Lipinski definition) is 1. The topological polar surface area (TPSA) is 86.8 Å². The van der Waals surface area contributed by atoms with E-state index in [9.17, 15) is 18.0 Å². The highest BCUT2D eigenvalue weighted by atomic mass is 32.2. The van der Waals surface area contributed by atoms with Crippen molar-refractivity contribution in [2.45, 2.75) is 51.6 Å². The average Bonchev–Trinajstić information content (AvgIpc) is 2.88. The molecule has 3 rings (SSSR count). The van der Waals surface area contributed by atoms with E-state index in [1.54, 1.807) is 36.4 Å². The van der Waals surface area contributed by atoms with Gasteiger partial charge in [0.2, 0.25) is 11.8 Å². The predicted octanol–water partition coefficient (Wildman–Crippen LogP) is 4.44. The van der Waals surface area contributed by atoms with Crippen LogP contribution in [0.2, 0.25) is 0 Å². The Bertz CT molecular complexity index is 1290. The van der Waals surface area contributed by atoms with Crippen molar-refractivity contribution in [3.05, 3.63) is 95.6 Å². The molecule has 1 atom stereocenters. The zero-order valence-electron chi connectivity index (χ0n) is 21.8. The fourth-order valence-electron chi connectivity index (χ4n) is 4.07. The van der Waals surface area contributed by atoms with Crippen LogP contribution in [-0.2, 0) is 26.2 Å². The van der Waals surface area contributed by atoms with E-state index in [4.69, 9.17) is 0 Å². The Hall–Kier alpha value is -3.65. The zero-order chi connectivity index (χ0) is 27.0. The molecule has 0 bridgehead atoms. The number of nitrogens with one attached hydrogen (secondary N) is 1. The van der Waals surface area contributed by atoms with Crippen LogP contribution in [0.4, 0.5) is 5.69 Å². The van der Waals surface area contributed by atoms with Crippen molar-refractivity contribution in [3.8, 4) is 0 Å². The Balaban J connectivity index is 2.04. The van der Waals surface area contributed by atoms with Gasteiger partial charge < -0.3 is 10.2 Å². The number of benzene rings is 3. The standard InChI is InChI=1S/C29H35N3O4S/c1-5-27(29(34)30-6-2)31(20-24-10-8-7-9-11-24)28(33)21-32(25-16-12-22(3)13-17-25)37(35,36)26-18-14-23(4)15-19-26/h7-19,27H,5-6,20-21H2,1-4H3,(H,30,34)/t27-/m0/s1. The molecule has 0 aromatic heterocycles. The quantitative estimate of drug-likeness (QED) is 0.404. The summed E-state index contributed by atoms with van der Waals surface area (Å²) in [6, 6.07) is 22.2. The van der Waals surface area contributed by atoms with E-state index in [1.807, 2.05) is 70.2 Å². The van der Waals surface area contributed by atoms with Crippen LogP contribution < -0.4 is 9.62 Å². The molecule has 3 aromatic carbocycles. The first-order valence-corrected chi connectivity index (χ1v) is 13.9. The highest BCUT2D eigenvalue weighted by molar-refractivity contribution is 7.92. The second kappa shape index (κ2) is 12.5. The summed E-state index contributed by atoms with van der Waals surface area (Å²) >= 11 is 0. The van der Waals surface area contributed by atoms with E-state index in [1.165, 1.54) is 4.90 Å². The Morgan fingerprint density at radius 2 is 1.41 bits per heavy atom. The fraction of sp³-hybridized carbons (Fsp3) is 0.310. The molecule has 0 aliphatic heterocycles. The lowest BCUT2D eigenvalue weighted by atomic mass is 10.1. The molecular formula is C29H35N3O4S. The lowest BCUT2D eigenvalue weighted by molar-refractivity contribution is -0.140. The first-order chi connectivity index (χ1) is 17.7. The summed E-state index contributed by atoms with van der Waals surface area (Å²) in [5.41, 5.74) is 3.13. The van der Waals surface area contributed by atoms with Crippen molar-refractivity contribution in [1.29, 1.82) is 0 Å². The van der Waals surface area contributed by atoms with Gasteiger partial charge in [-0.05, 0) is 57.0 Å². The maximum absolute atomic E-state index is 13.9. The van der Waals surface area contributed by atoms with Gasteiger partial charge in [0.25, 0.3) is 10.0 Å². The van der Waals surface area contributed by atoms with E-state index >= 15 is 0 Å². The molecule has 1 N–H and O–H groups in total. The van der Waals surface area contributed by atoms with Crippen LogP contribution in [0.3, 0.4) is 0 Å². The minimum absolute atomic E-state index is 0.0943. The van der Waals surface area contributed by atoms with Gasteiger partial charge in [-0.3, -0.25) is 13.9 Å². The van der Waals surface area contributed by atoms with Crippen LogP contribution in [-0.4, -0.2) is 44.3 Å². The second-order valence-electron chi connectivity index (χ2n) is 8.99. The number of likely N-dealkylation sites (N-methyl/N-ethyl adjacent to an activating group) is 1. The SMILES string of the molecule is CCNC(=O)[C@H](CC)N(Cc1ccccc1)C(=O)CN(c1ccc(C)cc1)S(=O)(=O)c1ccc(C)cc1. The lowest BCUT2D eigenvalue weighted by Gasteiger charge is -2.33. The number of carbonyl (C=O) groups excluding carboxylic acids is 2. The highest BCUT2D eigenvalue weighted by Crippen LogP contribution is 2.25. The Kier molecular flexibility index (Phi) is 9.47. The van der Waals surface area contributed by atoms with Crippen molar-refractivity contribution in [2.75, 3.05) is 17.4 Å². The summed E-state index contributed by atoms with van der Waals surface area (Å²) in [6.07, 6.45) is 0.389. The summed E-state index contributed by atoms with van der Waals surface area (Å²) in [5.74, 6) is -0.726. The maximum Gasteiger partial charge on any atom is 0.264 e. The molecule has 37 heavy (non-hydrogen) atoms. The van der Waals surface area contributed by atoms with Crippen LogP contribution >= 0.6 is 0 Å². The largest absolute Gasteiger partial charge is 0.355 e. The van der Waals surface area contributed by atoms with E-state index in [0.717, 1.165) is 21.0 Å². The molecule has 7 nitrogen and oxygen atoms in total. The minimum Gasteiger partial charge on any atom is -0.355 e. The second-order valence-corrected chi connectivity index (χ2v) is 10.8. The summed E-state index contributed by atoms with van der Waals surface area (Å²) in [7, 11) is -4.06. The van der Waals surface area contributed by atoms with Crippen LogP contribution in [0.5, 0.6) is 0 Å². The summed E-state index contributed by atoms with van der Waals surface area (Å²) < 4.78 is 28.7. The Morgan fingerprint density at radius 1 is 0.838 bits per heavy atom. The van der Waals surface area contributed by atoms with Gasteiger partial charge in [-0.15, -0.1) is 0 Å². The summed E-state index contributed by atoms with van der Waals surface area (Å²) in [4.78, 5) is 28.4. The molecule has 2 amide bonds. The monoisotopic (exact) mass is 521 g/mol. The first kappa shape index (κ1) is 27.9. The van der Waals surface area contributed by atoms with Crippen molar-refractivity contribution in [3.63, 3.8) is 0 Å². The van der Waals surface area contributed by atoms with E-state index in [-0.39, 0.29) is 17.3 Å². The molecule has 3 aromatic rings. The fourth-order valence-corrected chi connectivity index (χ4v) is 5.48. The van der Waals surface area contributed by atoms with E-state index in [0.29, 0.717) is 18.7 Å². The van der Waals surface area contributed by atoms with Crippen LogP contribution in [0.15, 0.2) is 83.8 Å². The van der Waals surface area contributed by atoms with Crippen molar-refractivity contribution in [1.82, 2.24) is 10.2 Å². The van der Waals surface area contributed by atoms with Crippen LogP contribution in [0, 0.1) is 13.8 Å². The number of aryl methyl sites for hydroxylation is 2. The predicted molar refractivity (Wildman–Crippen MR) is 147 cm³/mol. The molecular weight excluding hydrogens is 486 g/mol. The smallest absolute Gasteiger partial charge is 0.264 e. The number of hydrogen-bond acceptors (Lipinski definition) is 4. The van der Waals surface area contributed by atoms with Gasteiger partial charge in [-0.1, -0.05) is 72.6 Å². The molecule has 0 radical (unpaired) electrons.